The fourth-order valence-electron chi connectivity index (χ4n) is 1.30. The molecule has 0 saturated carbocycles. The second kappa shape index (κ2) is 5.52. The van der Waals surface area contributed by atoms with Crippen LogP contribution in [0.2, 0.25) is 0 Å². The maximum absolute atomic E-state index is 12.9. The van der Waals surface area contributed by atoms with Crippen LogP contribution in [0.5, 0.6) is 0 Å². The first-order valence-electron chi connectivity index (χ1n) is 4.82. The minimum atomic E-state index is -3.94. The standard InChI is InChI=1S/C10H13F2NO3S/c1-7(6-16-2)13-17(14,15)10-4-8(11)3-9(12)5-10/h3-5,7,13H,6H2,1-2H3. The first kappa shape index (κ1) is 14.0. The van der Waals surface area contributed by atoms with E-state index >= 15 is 0 Å². The van der Waals surface area contributed by atoms with E-state index in [1.807, 2.05) is 0 Å². The molecule has 0 bridgehead atoms. The van der Waals surface area contributed by atoms with Gasteiger partial charge in [-0.05, 0) is 19.1 Å². The fraction of sp³-hybridized carbons (Fsp3) is 0.400. The number of benzene rings is 1. The molecule has 1 aromatic carbocycles. The third-order valence-electron chi connectivity index (χ3n) is 1.92. The molecule has 0 aromatic heterocycles. The highest BCUT2D eigenvalue weighted by atomic mass is 32.2. The van der Waals surface area contributed by atoms with Gasteiger partial charge in [0.25, 0.3) is 0 Å². The third-order valence-corrected chi connectivity index (χ3v) is 3.49. The van der Waals surface area contributed by atoms with Gasteiger partial charge in [0.15, 0.2) is 0 Å². The molecule has 0 heterocycles. The van der Waals surface area contributed by atoms with Crippen LogP contribution in [0.1, 0.15) is 6.92 Å². The van der Waals surface area contributed by atoms with E-state index < -0.39 is 32.6 Å². The lowest BCUT2D eigenvalue weighted by molar-refractivity contribution is 0.180. The third kappa shape index (κ3) is 4.03. The molecular weight excluding hydrogens is 252 g/mol. The van der Waals surface area contributed by atoms with Gasteiger partial charge < -0.3 is 4.74 Å². The van der Waals surface area contributed by atoms with Gasteiger partial charge in [-0.1, -0.05) is 0 Å². The number of hydrogen-bond donors (Lipinski definition) is 1. The number of ether oxygens (including phenoxy) is 1. The zero-order valence-electron chi connectivity index (χ0n) is 9.41. The first-order chi connectivity index (χ1) is 7.85. The monoisotopic (exact) mass is 265 g/mol. The molecule has 1 N–H and O–H groups in total. The average molecular weight is 265 g/mol. The summed E-state index contributed by atoms with van der Waals surface area (Å²) in [6.45, 7) is 1.74. The Bertz CT molecular complexity index is 470. The maximum Gasteiger partial charge on any atom is 0.241 e. The van der Waals surface area contributed by atoms with E-state index in [-0.39, 0.29) is 6.61 Å². The van der Waals surface area contributed by atoms with Gasteiger partial charge in [-0.3, -0.25) is 0 Å². The van der Waals surface area contributed by atoms with Gasteiger partial charge >= 0.3 is 0 Å². The van der Waals surface area contributed by atoms with Crippen LogP contribution in [0, 0.1) is 11.6 Å². The minimum absolute atomic E-state index is 0.164. The summed E-state index contributed by atoms with van der Waals surface area (Å²) in [5.41, 5.74) is 0. The van der Waals surface area contributed by atoms with Gasteiger partial charge in [0.05, 0.1) is 11.5 Å². The molecule has 0 spiro atoms. The Kier molecular flexibility index (Phi) is 4.55. The predicted octanol–water partition coefficient (Wildman–Crippen LogP) is 1.28. The Hall–Kier alpha value is -1.05. The second-order valence-corrected chi connectivity index (χ2v) is 5.30. The van der Waals surface area contributed by atoms with Crippen molar-refractivity contribution in [2.45, 2.75) is 17.9 Å². The summed E-state index contributed by atoms with van der Waals surface area (Å²) in [4.78, 5) is -0.446. The van der Waals surface area contributed by atoms with E-state index in [0.29, 0.717) is 6.07 Å². The van der Waals surface area contributed by atoms with Gasteiger partial charge in [-0.15, -0.1) is 0 Å². The van der Waals surface area contributed by atoms with Crippen molar-refractivity contribution in [3.05, 3.63) is 29.8 Å². The SMILES string of the molecule is COCC(C)NS(=O)(=O)c1cc(F)cc(F)c1. The quantitative estimate of drug-likeness (QED) is 0.872. The molecule has 0 aliphatic carbocycles. The zero-order chi connectivity index (χ0) is 13.1. The largest absolute Gasteiger partial charge is 0.383 e. The molecule has 0 amide bonds. The van der Waals surface area contributed by atoms with Crippen LogP contribution in [-0.2, 0) is 14.8 Å². The van der Waals surface area contributed by atoms with Gasteiger partial charge in [0.2, 0.25) is 10.0 Å². The Morgan fingerprint density at radius 1 is 1.29 bits per heavy atom. The normalized spacial score (nSPS) is 13.6. The number of rotatable bonds is 5. The first-order valence-corrected chi connectivity index (χ1v) is 6.31. The molecule has 96 valence electrons. The molecule has 4 nitrogen and oxygen atoms in total. The van der Waals surface area contributed by atoms with E-state index in [1.54, 1.807) is 6.92 Å². The summed E-state index contributed by atoms with van der Waals surface area (Å²) in [7, 11) is -2.51. The molecule has 17 heavy (non-hydrogen) atoms. The van der Waals surface area contributed by atoms with Crippen LogP contribution in [-0.4, -0.2) is 28.2 Å². The van der Waals surface area contributed by atoms with Crippen LogP contribution in [0.4, 0.5) is 8.78 Å². The molecule has 0 aliphatic heterocycles. The lowest BCUT2D eigenvalue weighted by atomic mass is 10.3. The summed E-state index contributed by atoms with van der Waals surface area (Å²) in [5.74, 6) is -1.88. The van der Waals surface area contributed by atoms with Crippen molar-refractivity contribution in [3.63, 3.8) is 0 Å². The number of methoxy groups -OCH3 is 1. The summed E-state index contributed by atoms with van der Waals surface area (Å²) >= 11 is 0. The molecule has 1 atom stereocenters. The van der Waals surface area contributed by atoms with Crippen molar-refractivity contribution < 1.29 is 21.9 Å². The van der Waals surface area contributed by atoms with E-state index in [1.165, 1.54) is 7.11 Å². The fourth-order valence-corrected chi connectivity index (χ4v) is 2.57. The van der Waals surface area contributed by atoms with Crippen LogP contribution < -0.4 is 4.72 Å². The highest BCUT2D eigenvalue weighted by Gasteiger charge is 2.18. The molecule has 7 heteroatoms. The molecule has 1 aromatic rings. The van der Waals surface area contributed by atoms with Crippen LogP contribution in [0.15, 0.2) is 23.1 Å². The van der Waals surface area contributed by atoms with Crippen molar-refractivity contribution in [1.82, 2.24) is 4.72 Å². The number of hydrogen-bond acceptors (Lipinski definition) is 3. The topological polar surface area (TPSA) is 55.4 Å². The van der Waals surface area contributed by atoms with Gasteiger partial charge in [0.1, 0.15) is 11.6 Å². The second-order valence-electron chi connectivity index (χ2n) is 3.58. The predicted molar refractivity (Wildman–Crippen MR) is 58.0 cm³/mol. The summed E-state index contributed by atoms with van der Waals surface area (Å²) < 4.78 is 56.2. The molecule has 0 radical (unpaired) electrons. The van der Waals surface area contributed by atoms with Crippen molar-refractivity contribution in [1.29, 1.82) is 0 Å². The summed E-state index contributed by atoms with van der Waals surface area (Å²) in [6.07, 6.45) is 0. The molecular formula is C10H13F2NO3S. The van der Waals surface area contributed by atoms with Gasteiger partial charge in [-0.25, -0.2) is 21.9 Å². The lowest BCUT2D eigenvalue weighted by Gasteiger charge is -2.13. The van der Waals surface area contributed by atoms with Crippen molar-refractivity contribution in [2.75, 3.05) is 13.7 Å². The van der Waals surface area contributed by atoms with Crippen LogP contribution in [0.3, 0.4) is 0 Å². The lowest BCUT2D eigenvalue weighted by Crippen LogP contribution is -2.35. The van der Waals surface area contributed by atoms with Crippen LogP contribution in [0.25, 0.3) is 0 Å². The highest BCUT2D eigenvalue weighted by Crippen LogP contribution is 2.13. The van der Waals surface area contributed by atoms with Gasteiger partial charge in [-0.2, -0.15) is 0 Å². The van der Waals surface area contributed by atoms with Crippen molar-refractivity contribution >= 4 is 10.0 Å². The van der Waals surface area contributed by atoms with Crippen LogP contribution >= 0.6 is 0 Å². The summed E-state index contributed by atoms with van der Waals surface area (Å²) in [6, 6.07) is 1.63. The highest BCUT2D eigenvalue weighted by molar-refractivity contribution is 7.89. The molecule has 0 fully saturated rings. The molecule has 0 saturated heterocycles. The Morgan fingerprint density at radius 2 is 1.82 bits per heavy atom. The molecule has 1 unspecified atom stereocenters. The minimum Gasteiger partial charge on any atom is -0.383 e. The smallest absolute Gasteiger partial charge is 0.241 e. The Morgan fingerprint density at radius 3 is 2.29 bits per heavy atom. The number of sulfonamides is 1. The van der Waals surface area contributed by atoms with E-state index in [0.717, 1.165) is 12.1 Å². The zero-order valence-corrected chi connectivity index (χ0v) is 10.2. The van der Waals surface area contributed by atoms with E-state index in [2.05, 4.69) is 4.72 Å². The number of halogens is 2. The maximum atomic E-state index is 12.9. The Labute approximate surface area is 98.6 Å². The molecule has 1 rings (SSSR count). The van der Waals surface area contributed by atoms with Crippen molar-refractivity contribution in [3.8, 4) is 0 Å². The average Bonchev–Trinajstić information content (AvgIpc) is 2.15. The van der Waals surface area contributed by atoms with E-state index in [4.69, 9.17) is 4.74 Å². The number of nitrogens with one attached hydrogen (secondary N) is 1. The van der Waals surface area contributed by atoms with E-state index in [9.17, 15) is 17.2 Å². The van der Waals surface area contributed by atoms with Crippen molar-refractivity contribution in [2.24, 2.45) is 0 Å². The Balaban J connectivity index is 2.97. The van der Waals surface area contributed by atoms with Gasteiger partial charge in [0, 0.05) is 19.2 Å². The summed E-state index contributed by atoms with van der Waals surface area (Å²) in [5, 5.41) is 0. The molecule has 0 aliphatic rings.